The van der Waals surface area contributed by atoms with Gasteiger partial charge in [0.15, 0.2) is 0 Å². The highest BCUT2D eigenvalue weighted by molar-refractivity contribution is 6.34. The van der Waals surface area contributed by atoms with Crippen molar-refractivity contribution < 1.29 is 14.3 Å². The van der Waals surface area contributed by atoms with Gasteiger partial charge in [0.1, 0.15) is 28.7 Å². The van der Waals surface area contributed by atoms with Gasteiger partial charge in [0.2, 0.25) is 5.95 Å². The molecule has 0 aliphatic heterocycles. The summed E-state index contributed by atoms with van der Waals surface area (Å²) in [6, 6.07) is -0.343. The first-order valence-electron chi connectivity index (χ1n) is 12.5. The van der Waals surface area contributed by atoms with Crippen molar-refractivity contribution in [3.05, 3.63) is 39.9 Å². The van der Waals surface area contributed by atoms with Gasteiger partial charge in [0.25, 0.3) is 0 Å². The van der Waals surface area contributed by atoms with Crippen molar-refractivity contribution >= 4 is 34.6 Å². The molecule has 9 nitrogen and oxygen atoms in total. The number of aromatic nitrogens is 4. The van der Waals surface area contributed by atoms with Gasteiger partial charge in [-0.2, -0.15) is 4.98 Å². The number of pyridine rings is 1. The van der Waals surface area contributed by atoms with Crippen LogP contribution >= 0.6 is 11.6 Å². The number of methoxy groups -OCH3 is 1. The largest absolute Gasteiger partial charge is 0.496 e. The second-order valence-electron chi connectivity index (χ2n) is 9.52. The monoisotopic (exact) mass is 514 g/mol. The van der Waals surface area contributed by atoms with Gasteiger partial charge in [0, 0.05) is 23.5 Å². The maximum atomic E-state index is 12.3. The molecule has 0 bridgehead atoms. The van der Waals surface area contributed by atoms with Gasteiger partial charge < -0.3 is 25.1 Å². The minimum absolute atomic E-state index is 0.0779. The van der Waals surface area contributed by atoms with Gasteiger partial charge in [-0.3, -0.25) is 9.78 Å². The van der Waals surface area contributed by atoms with E-state index in [0.29, 0.717) is 23.9 Å². The molecule has 1 aliphatic rings. The van der Waals surface area contributed by atoms with E-state index in [9.17, 15) is 4.79 Å². The van der Waals surface area contributed by atoms with Crippen LogP contribution in [-0.4, -0.2) is 51.3 Å². The van der Waals surface area contributed by atoms with Crippen LogP contribution in [0.4, 0.5) is 5.95 Å². The van der Waals surface area contributed by atoms with Crippen molar-refractivity contribution in [2.75, 3.05) is 19.4 Å². The van der Waals surface area contributed by atoms with Crippen LogP contribution < -0.4 is 15.8 Å². The molecule has 0 radical (unpaired) electrons. The molecule has 1 atom stereocenters. The summed E-state index contributed by atoms with van der Waals surface area (Å²) in [4.78, 5) is 25.6. The number of esters is 1. The van der Waals surface area contributed by atoms with E-state index in [2.05, 4.69) is 20.3 Å². The lowest BCUT2D eigenvalue weighted by Crippen LogP contribution is -2.37. The van der Waals surface area contributed by atoms with Crippen LogP contribution in [0.5, 0.6) is 5.75 Å². The van der Waals surface area contributed by atoms with Crippen LogP contribution in [0.1, 0.15) is 61.4 Å². The van der Waals surface area contributed by atoms with Crippen molar-refractivity contribution in [3.8, 4) is 5.75 Å². The standard InChI is InChI=1S/C26H35ClN6O3/c1-15-12-30-20(16(2)22(15)35-4)14-33-13-18(21-23(27)31-26(28)32-24(21)33)8-7-11-29-17(3)25(34)36-19-9-5-6-10-19/h12-13,17,19,29H,5-11,14H2,1-4H3,(H2,28,31,32)/t17-/m0/s1. The number of carbonyl (C=O) groups excluding carboxylic acids is 1. The number of hydrogen-bond acceptors (Lipinski definition) is 8. The molecule has 0 amide bonds. The van der Waals surface area contributed by atoms with Crippen LogP contribution in [0.2, 0.25) is 5.15 Å². The third-order valence-electron chi connectivity index (χ3n) is 6.85. The van der Waals surface area contributed by atoms with Crippen LogP contribution in [0.15, 0.2) is 12.4 Å². The van der Waals surface area contributed by atoms with Crippen LogP contribution in [-0.2, 0) is 22.5 Å². The Kier molecular flexibility index (Phi) is 8.31. The summed E-state index contributed by atoms with van der Waals surface area (Å²) >= 11 is 6.51. The quantitative estimate of drug-likeness (QED) is 0.235. The van der Waals surface area contributed by atoms with Gasteiger partial charge in [-0.25, -0.2) is 4.98 Å². The van der Waals surface area contributed by atoms with Crippen molar-refractivity contribution in [2.45, 2.75) is 78.0 Å². The number of nitrogen functional groups attached to an aromatic ring is 1. The number of aryl methyl sites for hydroxylation is 2. The van der Waals surface area contributed by atoms with Crippen LogP contribution in [0.3, 0.4) is 0 Å². The average Bonchev–Trinajstić information content (AvgIpc) is 3.47. The lowest BCUT2D eigenvalue weighted by Gasteiger charge is -2.16. The zero-order valence-corrected chi connectivity index (χ0v) is 22.2. The van der Waals surface area contributed by atoms with Gasteiger partial charge >= 0.3 is 5.97 Å². The maximum absolute atomic E-state index is 12.3. The molecule has 36 heavy (non-hydrogen) atoms. The van der Waals surface area contributed by atoms with Gasteiger partial charge in [-0.05, 0) is 71.4 Å². The van der Waals surface area contributed by atoms with Crippen LogP contribution in [0, 0.1) is 13.8 Å². The number of nitrogens with one attached hydrogen (secondary N) is 1. The number of halogens is 1. The number of fused-ring (bicyclic) bond motifs is 1. The van der Waals surface area contributed by atoms with E-state index in [1.165, 1.54) is 0 Å². The molecular weight excluding hydrogens is 480 g/mol. The fourth-order valence-corrected chi connectivity index (χ4v) is 5.18. The van der Waals surface area contributed by atoms with E-state index >= 15 is 0 Å². The first-order chi connectivity index (χ1) is 17.3. The Morgan fingerprint density at radius 2 is 2.06 bits per heavy atom. The number of carbonyl (C=O) groups is 1. The smallest absolute Gasteiger partial charge is 0.323 e. The second-order valence-corrected chi connectivity index (χ2v) is 9.88. The van der Waals surface area contributed by atoms with Crippen molar-refractivity contribution in [3.63, 3.8) is 0 Å². The number of rotatable bonds is 10. The van der Waals surface area contributed by atoms with Crippen LogP contribution in [0.25, 0.3) is 11.0 Å². The summed E-state index contributed by atoms with van der Waals surface area (Å²) in [6.45, 7) is 6.98. The van der Waals surface area contributed by atoms with E-state index in [-0.39, 0.29) is 24.1 Å². The summed E-state index contributed by atoms with van der Waals surface area (Å²) in [5, 5.41) is 4.40. The van der Waals surface area contributed by atoms with E-state index in [1.807, 2.05) is 37.7 Å². The minimum atomic E-state index is -0.343. The molecule has 0 spiro atoms. The highest BCUT2D eigenvalue weighted by Crippen LogP contribution is 2.30. The molecular formula is C26H35ClN6O3. The molecule has 0 aromatic carbocycles. The summed E-state index contributed by atoms with van der Waals surface area (Å²) in [5.74, 6) is 0.776. The maximum Gasteiger partial charge on any atom is 0.323 e. The molecule has 0 unspecified atom stereocenters. The van der Waals surface area contributed by atoms with E-state index in [0.717, 1.165) is 72.0 Å². The molecule has 4 rings (SSSR count). The number of nitrogens with zero attached hydrogens (tertiary/aromatic N) is 4. The lowest BCUT2D eigenvalue weighted by atomic mass is 10.1. The van der Waals surface area contributed by atoms with Gasteiger partial charge in [0.05, 0.1) is 24.7 Å². The molecule has 1 aliphatic carbocycles. The third-order valence-corrected chi connectivity index (χ3v) is 7.12. The molecule has 3 heterocycles. The number of hydrogen-bond donors (Lipinski definition) is 2. The second kappa shape index (κ2) is 11.4. The molecule has 3 aromatic heterocycles. The average molecular weight is 515 g/mol. The topological polar surface area (TPSA) is 117 Å². The number of anilines is 1. The summed E-state index contributed by atoms with van der Waals surface area (Å²) in [5.41, 5.74) is 10.5. The molecule has 1 saturated carbocycles. The molecule has 1 fully saturated rings. The molecule has 10 heteroatoms. The summed E-state index contributed by atoms with van der Waals surface area (Å²) in [7, 11) is 1.67. The van der Waals surface area contributed by atoms with Crippen molar-refractivity contribution in [1.82, 2.24) is 24.8 Å². The fraction of sp³-hybridized carbons (Fsp3) is 0.538. The molecule has 3 N–H and O–H groups in total. The Labute approximate surface area is 216 Å². The molecule has 3 aromatic rings. The van der Waals surface area contributed by atoms with Crippen molar-refractivity contribution in [2.24, 2.45) is 0 Å². The molecule has 0 saturated heterocycles. The first kappa shape index (κ1) is 26.2. The fourth-order valence-electron chi connectivity index (χ4n) is 4.89. The molecule has 194 valence electrons. The SMILES string of the molecule is COc1c(C)cnc(Cn2cc(CCCN[C@@H](C)C(=O)OC3CCCC3)c3c(Cl)nc(N)nc32)c1C. The predicted molar refractivity (Wildman–Crippen MR) is 140 cm³/mol. The Morgan fingerprint density at radius 3 is 2.78 bits per heavy atom. The Morgan fingerprint density at radius 1 is 1.31 bits per heavy atom. The van der Waals surface area contributed by atoms with Crippen molar-refractivity contribution in [1.29, 1.82) is 0 Å². The highest BCUT2D eigenvalue weighted by atomic mass is 35.5. The predicted octanol–water partition coefficient (Wildman–Crippen LogP) is 4.13. The minimum Gasteiger partial charge on any atom is -0.496 e. The van der Waals surface area contributed by atoms with Gasteiger partial charge in [-0.15, -0.1) is 0 Å². The zero-order chi connectivity index (χ0) is 25.8. The van der Waals surface area contributed by atoms with E-state index in [4.69, 9.17) is 26.8 Å². The summed E-state index contributed by atoms with van der Waals surface area (Å²) in [6.07, 6.45) is 9.68. The lowest BCUT2D eigenvalue weighted by molar-refractivity contribution is -0.150. The van der Waals surface area contributed by atoms with E-state index < -0.39 is 0 Å². The Hall–Kier alpha value is -2.91. The number of nitrogens with two attached hydrogens (primary N) is 1. The third kappa shape index (κ3) is 5.73. The normalized spacial score (nSPS) is 14.9. The van der Waals surface area contributed by atoms with Gasteiger partial charge in [-0.1, -0.05) is 11.6 Å². The Balaban J connectivity index is 1.46. The highest BCUT2D eigenvalue weighted by Gasteiger charge is 2.23. The zero-order valence-electron chi connectivity index (χ0n) is 21.4. The van der Waals surface area contributed by atoms with E-state index in [1.54, 1.807) is 7.11 Å². The number of ether oxygens (including phenoxy) is 2. The Bertz CT molecular complexity index is 1240. The summed E-state index contributed by atoms with van der Waals surface area (Å²) < 4.78 is 13.2. The first-order valence-corrected chi connectivity index (χ1v) is 12.9.